The van der Waals surface area contributed by atoms with Gasteiger partial charge >= 0.3 is 44.2 Å². The number of carboxylic acids is 2. The summed E-state index contributed by atoms with van der Waals surface area (Å²) in [5, 5.41) is 14.8. The first-order valence-corrected chi connectivity index (χ1v) is 4.91. The minimum atomic E-state index is -2.51. The SMILES string of the molecule is O=C(O)C(=O)O.[O]=[U]=[O]. The van der Waals surface area contributed by atoms with Crippen molar-refractivity contribution in [2.24, 2.45) is 0 Å². The Morgan fingerprint density at radius 3 is 1.11 bits per heavy atom. The van der Waals surface area contributed by atoms with Gasteiger partial charge in [-0.05, 0) is 0 Å². The molecule has 7 heteroatoms. The fourth-order valence-corrected chi connectivity index (χ4v) is 0. The van der Waals surface area contributed by atoms with E-state index >= 15 is 0 Å². The van der Waals surface area contributed by atoms with Crippen LogP contribution < -0.4 is 0 Å². The average Bonchev–Trinajstić information content (AvgIpc) is 1.68. The number of rotatable bonds is 0. The molecule has 0 fully saturated rings. The fourth-order valence-electron chi connectivity index (χ4n) is 0. The molecule has 0 atom stereocenters. The monoisotopic (exact) mass is 360 g/mol. The predicted octanol–water partition coefficient (Wildman–Crippen LogP) is -1.08. The zero-order valence-electron chi connectivity index (χ0n) is 4.03. The van der Waals surface area contributed by atoms with E-state index in [9.17, 15) is 0 Å². The Balaban J connectivity index is 0. The summed E-state index contributed by atoms with van der Waals surface area (Å²) in [7, 11) is 0. The average molecular weight is 360 g/mol. The van der Waals surface area contributed by atoms with E-state index < -0.39 is 39.8 Å². The minimum absolute atomic E-state index is 1.82. The van der Waals surface area contributed by atoms with Crippen molar-refractivity contribution in [3.05, 3.63) is 0 Å². The van der Waals surface area contributed by atoms with Gasteiger partial charge in [0.25, 0.3) is 0 Å². The molecule has 0 aliphatic rings. The van der Waals surface area contributed by atoms with Crippen LogP contribution in [0.1, 0.15) is 0 Å². The summed E-state index contributed by atoms with van der Waals surface area (Å²) < 4.78 is 17.2. The molecule has 0 aromatic heterocycles. The Labute approximate surface area is 64.1 Å². The maximum absolute atomic E-state index is 9.10. The molecular weight excluding hydrogens is 358 g/mol. The van der Waals surface area contributed by atoms with Gasteiger partial charge in [-0.3, -0.25) is 0 Å². The van der Waals surface area contributed by atoms with Gasteiger partial charge in [-0.2, -0.15) is 0 Å². The molecule has 0 aliphatic heterocycles. The molecule has 0 aliphatic carbocycles. The van der Waals surface area contributed by atoms with Gasteiger partial charge in [-0.25, -0.2) is 9.59 Å². The summed E-state index contributed by atoms with van der Waals surface area (Å²) in [5.41, 5.74) is 0. The number of aliphatic carboxylic acids is 2. The summed E-state index contributed by atoms with van der Waals surface area (Å²) in [5.74, 6) is -3.65. The topological polar surface area (TPSA) is 109 Å². The van der Waals surface area contributed by atoms with E-state index in [1.54, 1.807) is 0 Å². The second-order valence-corrected chi connectivity index (χ2v) is 1.39. The molecule has 0 rings (SSSR count). The fraction of sp³-hybridized carbons (Fsp3) is 0. The maximum atomic E-state index is 9.10. The first-order valence-electron chi connectivity index (χ1n) is 1.51. The molecule has 0 heterocycles. The Morgan fingerprint density at radius 1 is 1.00 bits per heavy atom. The quantitative estimate of drug-likeness (QED) is 0.532. The van der Waals surface area contributed by atoms with Crippen LogP contribution in [0, 0.1) is 27.8 Å². The predicted molar refractivity (Wildman–Crippen MR) is 16.6 cm³/mol. The standard InChI is InChI=1S/C2H2O4.2O.U/c3-1(4)2(5)6;;;/h(H,3,4)(H,5,6);;;. The van der Waals surface area contributed by atoms with Crippen LogP contribution in [0.5, 0.6) is 0 Å². The molecule has 6 nitrogen and oxygen atoms in total. The Hall–Kier alpha value is -0.408. The second kappa shape index (κ2) is 7.59. The van der Waals surface area contributed by atoms with Crippen molar-refractivity contribution in [2.75, 3.05) is 0 Å². The van der Waals surface area contributed by atoms with Crippen molar-refractivity contribution < 1.29 is 52.1 Å². The second-order valence-electron chi connectivity index (χ2n) is 0.694. The van der Waals surface area contributed by atoms with Gasteiger partial charge in [0.15, 0.2) is 0 Å². The summed E-state index contributed by atoms with van der Waals surface area (Å²) in [6.45, 7) is 0. The first kappa shape index (κ1) is 11.4. The van der Waals surface area contributed by atoms with Gasteiger partial charge in [0.05, 0.1) is 0 Å². The van der Waals surface area contributed by atoms with Crippen LogP contribution in [0.4, 0.5) is 0 Å². The Kier molecular flexibility index (Phi) is 9.61. The van der Waals surface area contributed by atoms with Crippen LogP contribution in [0.2, 0.25) is 0 Å². The van der Waals surface area contributed by atoms with Crippen molar-refractivity contribution in [3.63, 3.8) is 0 Å². The van der Waals surface area contributed by atoms with E-state index in [2.05, 4.69) is 0 Å². The van der Waals surface area contributed by atoms with Crippen molar-refractivity contribution in [2.45, 2.75) is 0 Å². The summed E-state index contributed by atoms with van der Waals surface area (Å²) in [4.78, 5) is 18.2. The zero-order chi connectivity index (χ0) is 7.86. The molecule has 2 N–H and O–H groups in total. The molecule has 0 unspecified atom stereocenters. The summed E-state index contributed by atoms with van der Waals surface area (Å²) in [6.07, 6.45) is 0. The molecule has 50 valence electrons. The van der Waals surface area contributed by atoms with E-state index in [4.69, 9.17) is 24.3 Å². The molecule has 0 amide bonds. The van der Waals surface area contributed by atoms with Crippen molar-refractivity contribution >= 4 is 11.9 Å². The van der Waals surface area contributed by atoms with Crippen LogP contribution in [-0.4, -0.2) is 22.2 Å². The van der Waals surface area contributed by atoms with Gasteiger partial charge in [0.1, 0.15) is 0 Å². The van der Waals surface area contributed by atoms with Gasteiger partial charge in [0.2, 0.25) is 0 Å². The van der Waals surface area contributed by atoms with Crippen LogP contribution >= 0.6 is 0 Å². The number of carboxylic acid groups (broad SMARTS) is 2. The van der Waals surface area contributed by atoms with Crippen LogP contribution in [0.25, 0.3) is 0 Å². The summed E-state index contributed by atoms with van der Waals surface area (Å²) >= 11 is -2.51. The normalized spacial score (nSPS) is 5.78. The van der Waals surface area contributed by atoms with Gasteiger partial charge in [-0.15, -0.1) is 0 Å². The van der Waals surface area contributed by atoms with E-state index in [0.29, 0.717) is 0 Å². The Bertz CT molecular complexity index is 131. The van der Waals surface area contributed by atoms with Crippen molar-refractivity contribution in [3.8, 4) is 0 Å². The third-order valence-corrected chi connectivity index (χ3v) is 0.183. The van der Waals surface area contributed by atoms with E-state index in [-0.39, 0.29) is 0 Å². The van der Waals surface area contributed by atoms with Crippen molar-refractivity contribution in [1.82, 2.24) is 0 Å². The number of hydrogen-bond acceptors (Lipinski definition) is 4. The summed E-state index contributed by atoms with van der Waals surface area (Å²) in [6, 6.07) is 0. The van der Waals surface area contributed by atoms with E-state index in [0.717, 1.165) is 0 Å². The molecule has 0 spiro atoms. The van der Waals surface area contributed by atoms with Crippen molar-refractivity contribution in [1.29, 1.82) is 0 Å². The molecule has 0 saturated carbocycles. The van der Waals surface area contributed by atoms with Crippen LogP contribution in [0.15, 0.2) is 0 Å². The van der Waals surface area contributed by atoms with Gasteiger partial charge in [0, 0.05) is 0 Å². The third-order valence-electron chi connectivity index (χ3n) is 0.183. The third kappa shape index (κ3) is 18.4. The van der Waals surface area contributed by atoms with Crippen LogP contribution in [-0.2, 0) is 14.1 Å². The number of hydrogen-bond donors (Lipinski definition) is 2. The molecule has 0 saturated heterocycles. The Morgan fingerprint density at radius 2 is 1.11 bits per heavy atom. The molecule has 0 radical (unpaired) electrons. The molecule has 0 aromatic rings. The van der Waals surface area contributed by atoms with Gasteiger partial charge in [-0.1, -0.05) is 0 Å². The number of carbonyl (C=O) groups is 2. The van der Waals surface area contributed by atoms with E-state index in [1.807, 2.05) is 0 Å². The zero-order valence-corrected chi connectivity index (χ0v) is 8.19. The molecule has 0 aromatic carbocycles. The molecular formula is C2H2O6U. The van der Waals surface area contributed by atoms with Crippen LogP contribution in [0.3, 0.4) is 0 Å². The molecule has 0 bridgehead atoms. The molecule has 9 heavy (non-hydrogen) atoms. The van der Waals surface area contributed by atoms with Gasteiger partial charge < -0.3 is 10.2 Å². The van der Waals surface area contributed by atoms with E-state index in [1.165, 1.54) is 0 Å². The first-order chi connectivity index (χ1) is 4.06.